The van der Waals surface area contributed by atoms with Crippen molar-refractivity contribution in [3.63, 3.8) is 0 Å². The summed E-state index contributed by atoms with van der Waals surface area (Å²) in [6, 6.07) is 5.75. The normalized spacial score (nSPS) is 12.5. The van der Waals surface area contributed by atoms with Gasteiger partial charge in [0.25, 0.3) is 0 Å². The van der Waals surface area contributed by atoms with Crippen LogP contribution >= 0.6 is 0 Å². The predicted octanol–water partition coefficient (Wildman–Crippen LogP) is 1.95. The van der Waals surface area contributed by atoms with Crippen LogP contribution in [-0.2, 0) is 11.3 Å². The molecule has 0 heterocycles. The van der Waals surface area contributed by atoms with Crippen LogP contribution < -0.4 is 15.4 Å². The highest BCUT2D eigenvalue weighted by Crippen LogP contribution is 2.20. The van der Waals surface area contributed by atoms with E-state index in [2.05, 4.69) is 29.5 Å². The van der Waals surface area contributed by atoms with Crippen LogP contribution in [0.5, 0.6) is 5.75 Å². The third-order valence-electron chi connectivity index (χ3n) is 3.35. The largest absolute Gasteiger partial charge is 0.496 e. The van der Waals surface area contributed by atoms with Gasteiger partial charge in [-0.2, -0.15) is 0 Å². The average Bonchev–Trinajstić information content (AvgIpc) is 2.57. The van der Waals surface area contributed by atoms with Crippen molar-refractivity contribution in [2.24, 2.45) is 4.99 Å². The van der Waals surface area contributed by atoms with Crippen LogP contribution in [0.25, 0.3) is 0 Å². The molecule has 1 aromatic carbocycles. The lowest BCUT2D eigenvalue weighted by Gasteiger charge is -2.17. The zero-order valence-electron chi connectivity index (χ0n) is 13.9. The standard InChI is InChI=1S/C16H25N3O3/c1-6-11(2)19-16(17-3)18-10-12-7-8-14(21-4)13(9-12)15(20)22-5/h7-9,11H,6,10H2,1-5H3,(H2,17,18,19). The fourth-order valence-corrected chi connectivity index (χ4v) is 1.85. The van der Waals surface area contributed by atoms with Crippen LogP contribution in [0.4, 0.5) is 0 Å². The molecule has 0 amide bonds. The minimum atomic E-state index is -0.416. The molecule has 0 spiro atoms. The van der Waals surface area contributed by atoms with E-state index >= 15 is 0 Å². The van der Waals surface area contributed by atoms with Gasteiger partial charge in [-0.1, -0.05) is 13.0 Å². The Morgan fingerprint density at radius 3 is 2.64 bits per heavy atom. The minimum absolute atomic E-state index is 0.340. The van der Waals surface area contributed by atoms with Gasteiger partial charge in [0.15, 0.2) is 5.96 Å². The van der Waals surface area contributed by atoms with E-state index in [0.717, 1.165) is 17.9 Å². The van der Waals surface area contributed by atoms with Crippen molar-refractivity contribution in [2.45, 2.75) is 32.9 Å². The van der Waals surface area contributed by atoms with Crippen molar-refractivity contribution in [2.75, 3.05) is 21.3 Å². The van der Waals surface area contributed by atoms with Crippen molar-refractivity contribution in [1.82, 2.24) is 10.6 Å². The number of rotatable bonds is 6. The number of methoxy groups -OCH3 is 2. The number of aliphatic imine (C=N–C) groups is 1. The molecule has 0 aliphatic carbocycles. The zero-order valence-corrected chi connectivity index (χ0v) is 13.9. The quantitative estimate of drug-likeness (QED) is 0.477. The van der Waals surface area contributed by atoms with Gasteiger partial charge in [-0.3, -0.25) is 4.99 Å². The van der Waals surface area contributed by atoms with Gasteiger partial charge >= 0.3 is 5.97 Å². The molecule has 1 aromatic rings. The second kappa shape index (κ2) is 8.92. The van der Waals surface area contributed by atoms with Crippen molar-refractivity contribution in [3.8, 4) is 5.75 Å². The summed E-state index contributed by atoms with van der Waals surface area (Å²) in [6.07, 6.45) is 1.01. The number of hydrogen-bond acceptors (Lipinski definition) is 4. The fraction of sp³-hybridized carbons (Fsp3) is 0.500. The first kappa shape index (κ1) is 17.8. The summed E-state index contributed by atoms with van der Waals surface area (Å²) in [6.45, 7) is 4.75. The average molecular weight is 307 g/mol. The molecule has 0 radical (unpaired) electrons. The lowest BCUT2D eigenvalue weighted by Crippen LogP contribution is -2.41. The topological polar surface area (TPSA) is 72.0 Å². The highest BCUT2D eigenvalue weighted by molar-refractivity contribution is 5.92. The number of nitrogens with zero attached hydrogens (tertiary/aromatic N) is 1. The van der Waals surface area contributed by atoms with Gasteiger partial charge in [-0.05, 0) is 31.0 Å². The number of benzene rings is 1. The molecule has 6 heteroatoms. The first-order valence-electron chi connectivity index (χ1n) is 7.28. The molecule has 0 aromatic heterocycles. The molecule has 2 N–H and O–H groups in total. The van der Waals surface area contributed by atoms with E-state index in [-0.39, 0.29) is 0 Å². The Morgan fingerprint density at radius 1 is 1.36 bits per heavy atom. The van der Waals surface area contributed by atoms with Crippen LogP contribution in [0.1, 0.15) is 36.2 Å². The van der Waals surface area contributed by atoms with E-state index in [4.69, 9.17) is 9.47 Å². The van der Waals surface area contributed by atoms with Crippen molar-refractivity contribution in [1.29, 1.82) is 0 Å². The summed E-state index contributed by atoms with van der Waals surface area (Å²) in [5.74, 6) is 0.809. The van der Waals surface area contributed by atoms with E-state index in [1.165, 1.54) is 14.2 Å². The van der Waals surface area contributed by atoms with Gasteiger partial charge in [0.1, 0.15) is 11.3 Å². The molecular formula is C16H25N3O3. The summed E-state index contributed by atoms with van der Waals surface area (Å²) in [5.41, 5.74) is 1.35. The summed E-state index contributed by atoms with van der Waals surface area (Å²) in [5, 5.41) is 6.50. The molecule has 1 atom stereocenters. The van der Waals surface area contributed by atoms with E-state index < -0.39 is 5.97 Å². The molecule has 0 saturated heterocycles. The highest BCUT2D eigenvalue weighted by Gasteiger charge is 2.13. The summed E-state index contributed by atoms with van der Waals surface area (Å²) < 4.78 is 9.95. The molecule has 0 saturated carbocycles. The van der Waals surface area contributed by atoms with Crippen LogP contribution in [-0.4, -0.2) is 39.2 Å². The second-order valence-electron chi connectivity index (χ2n) is 4.91. The number of carbonyl (C=O) groups excluding carboxylic acids is 1. The maximum Gasteiger partial charge on any atom is 0.341 e. The van der Waals surface area contributed by atoms with E-state index in [9.17, 15) is 4.79 Å². The molecule has 0 fully saturated rings. The van der Waals surface area contributed by atoms with Crippen LogP contribution in [0.2, 0.25) is 0 Å². The Hall–Kier alpha value is -2.24. The third kappa shape index (κ3) is 4.95. The SMILES string of the molecule is CCC(C)NC(=NC)NCc1ccc(OC)c(C(=O)OC)c1. The molecule has 0 bridgehead atoms. The Morgan fingerprint density at radius 2 is 2.09 bits per heavy atom. The Labute approximate surface area is 131 Å². The Bertz CT molecular complexity index is 529. The summed E-state index contributed by atoms with van der Waals surface area (Å²) >= 11 is 0. The van der Waals surface area contributed by atoms with E-state index in [1.807, 2.05) is 6.07 Å². The smallest absolute Gasteiger partial charge is 0.341 e. The Balaban J connectivity index is 2.79. The van der Waals surface area contributed by atoms with E-state index in [0.29, 0.717) is 23.9 Å². The summed E-state index contributed by atoms with van der Waals surface area (Å²) in [4.78, 5) is 15.9. The predicted molar refractivity (Wildman–Crippen MR) is 87.4 cm³/mol. The van der Waals surface area contributed by atoms with Gasteiger partial charge in [-0.15, -0.1) is 0 Å². The summed E-state index contributed by atoms with van der Waals surface area (Å²) in [7, 11) is 4.60. The number of esters is 1. The van der Waals surface area contributed by atoms with Crippen molar-refractivity contribution >= 4 is 11.9 Å². The molecule has 0 aliphatic rings. The molecule has 1 unspecified atom stereocenters. The van der Waals surface area contributed by atoms with Gasteiger partial charge < -0.3 is 20.1 Å². The van der Waals surface area contributed by atoms with Gasteiger partial charge in [0.05, 0.1) is 14.2 Å². The number of hydrogen-bond donors (Lipinski definition) is 2. The number of ether oxygens (including phenoxy) is 2. The molecule has 0 aliphatic heterocycles. The first-order chi connectivity index (χ1) is 10.5. The van der Waals surface area contributed by atoms with Crippen LogP contribution in [0, 0.1) is 0 Å². The van der Waals surface area contributed by atoms with Crippen LogP contribution in [0.3, 0.4) is 0 Å². The van der Waals surface area contributed by atoms with Crippen molar-refractivity contribution in [3.05, 3.63) is 29.3 Å². The molecular weight excluding hydrogens is 282 g/mol. The van der Waals surface area contributed by atoms with Crippen LogP contribution in [0.15, 0.2) is 23.2 Å². The highest BCUT2D eigenvalue weighted by atomic mass is 16.5. The molecule has 6 nitrogen and oxygen atoms in total. The maximum absolute atomic E-state index is 11.8. The van der Waals surface area contributed by atoms with Gasteiger partial charge in [0, 0.05) is 19.6 Å². The molecule has 1 rings (SSSR count). The number of carbonyl (C=O) groups is 1. The molecule has 122 valence electrons. The third-order valence-corrected chi connectivity index (χ3v) is 3.35. The minimum Gasteiger partial charge on any atom is -0.496 e. The zero-order chi connectivity index (χ0) is 16.5. The maximum atomic E-state index is 11.8. The Kier molecular flexibility index (Phi) is 7.22. The van der Waals surface area contributed by atoms with Gasteiger partial charge in [0.2, 0.25) is 0 Å². The molecule has 22 heavy (non-hydrogen) atoms. The second-order valence-corrected chi connectivity index (χ2v) is 4.91. The lowest BCUT2D eigenvalue weighted by atomic mass is 10.1. The lowest BCUT2D eigenvalue weighted by molar-refractivity contribution is 0.0597. The monoisotopic (exact) mass is 307 g/mol. The van der Waals surface area contributed by atoms with Gasteiger partial charge in [-0.25, -0.2) is 4.79 Å². The van der Waals surface area contributed by atoms with E-state index in [1.54, 1.807) is 19.2 Å². The number of nitrogens with one attached hydrogen (secondary N) is 2. The first-order valence-corrected chi connectivity index (χ1v) is 7.28. The van der Waals surface area contributed by atoms with Crippen molar-refractivity contribution < 1.29 is 14.3 Å². The number of guanidine groups is 1. The fourth-order valence-electron chi connectivity index (χ4n) is 1.85.